The van der Waals surface area contributed by atoms with Crippen LogP contribution >= 0.6 is 11.6 Å². The van der Waals surface area contributed by atoms with Crippen LogP contribution in [0.1, 0.15) is 19.4 Å². The van der Waals surface area contributed by atoms with E-state index in [4.69, 9.17) is 16.3 Å². The maximum Gasteiger partial charge on any atom is 0.235 e. The quantitative estimate of drug-likeness (QED) is 0.852. The zero-order valence-electron chi connectivity index (χ0n) is 12.3. The number of halogens is 1. The molecule has 0 saturated heterocycles. The smallest absolute Gasteiger partial charge is 0.235 e. The number of hydrogen-bond donors (Lipinski definition) is 1. The lowest BCUT2D eigenvalue weighted by atomic mass is 9.95. The molecule has 5 heteroatoms. The third-order valence-electron chi connectivity index (χ3n) is 3.01. The van der Waals surface area contributed by atoms with Gasteiger partial charge in [0, 0.05) is 18.5 Å². The van der Waals surface area contributed by atoms with Crippen molar-refractivity contribution in [3.05, 3.63) is 53.4 Å². The lowest BCUT2D eigenvalue weighted by molar-refractivity contribution is 0.170. The van der Waals surface area contributed by atoms with Gasteiger partial charge in [0.05, 0.1) is 12.8 Å². The van der Waals surface area contributed by atoms with Gasteiger partial charge in [-0.2, -0.15) is 0 Å². The number of benzene rings is 1. The number of rotatable bonds is 7. The van der Waals surface area contributed by atoms with E-state index in [1.54, 1.807) is 0 Å². The average molecular weight is 306 g/mol. The summed E-state index contributed by atoms with van der Waals surface area (Å²) in [4.78, 5) is 7.86. The molecule has 0 saturated carbocycles. The van der Waals surface area contributed by atoms with Crippen LogP contribution in [0, 0.1) is 5.41 Å². The molecular formula is C16H20ClN3O. The molecule has 1 aromatic carbocycles. The minimum absolute atomic E-state index is 0.0247. The van der Waals surface area contributed by atoms with Crippen LogP contribution in [0.2, 0.25) is 5.02 Å². The van der Waals surface area contributed by atoms with Crippen molar-refractivity contribution in [2.24, 2.45) is 5.41 Å². The molecule has 0 bridgehead atoms. The molecule has 2 aromatic rings. The summed E-state index contributed by atoms with van der Waals surface area (Å²) in [6.07, 6.45) is 2.96. The van der Waals surface area contributed by atoms with Crippen LogP contribution in [0.15, 0.2) is 42.9 Å². The van der Waals surface area contributed by atoms with Crippen molar-refractivity contribution < 1.29 is 4.74 Å². The first-order valence-electron chi connectivity index (χ1n) is 6.90. The fourth-order valence-corrected chi connectivity index (χ4v) is 2.02. The van der Waals surface area contributed by atoms with Crippen molar-refractivity contribution >= 4 is 11.6 Å². The van der Waals surface area contributed by atoms with Crippen LogP contribution in [0.3, 0.4) is 0 Å². The fraction of sp³-hybridized carbons (Fsp3) is 0.375. The molecule has 1 heterocycles. The van der Waals surface area contributed by atoms with Gasteiger partial charge in [-0.25, -0.2) is 9.97 Å². The summed E-state index contributed by atoms with van der Waals surface area (Å²) in [7, 11) is 0. The summed E-state index contributed by atoms with van der Waals surface area (Å²) < 4.78 is 5.68. The predicted molar refractivity (Wildman–Crippen MR) is 84.5 cm³/mol. The molecule has 0 amide bonds. The van der Waals surface area contributed by atoms with Crippen molar-refractivity contribution in [2.45, 2.75) is 20.4 Å². The van der Waals surface area contributed by atoms with E-state index >= 15 is 0 Å². The molecule has 2 rings (SSSR count). The summed E-state index contributed by atoms with van der Waals surface area (Å²) in [5.41, 5.74) is 1.25. The summed E-state index contributed by atoms with van der Waals surface area (Å²) in [6.45, 7) is 6.49. The van der Waals surface area contributed by atoms with Gasteiger partial charge in [-0.15, -0.1) is 0 Å². The van der Waals surface area contributed by atoms with E-state index < -0.39 is 0 Å². The zero-order valence-corrected chi connectivity index (χ0v) is 13.1. The molecule has 0 aliphatic heterocycles. The Kier molecular flexibility index (Phi) is 5.53. The topological polar surface area (TPSA) is 47.0 Å². The van der Waals surface area contributed by atoms with E-state index in [0.29, 0.717) is 17.5 Å². The Morgan fingerprint density at radius 2 is 2.00 bits per heavy atom. The molecule has 1 aromatic heterocycles. The minimum Gasteiger partial charge on any atom is -0.476 e. The summed E-state index contributed by atoms with van der Waals surface area (Å²) >= 11 is 5.97. The molecule has 112 valence electrons. The average Bonchev–Trinajstić information content (AvgIpc) is 2.47. The van der Waals surface area contributed by atoms with Crippen molar-refractivity contribution in [3.8, 4) is 5.88 Å². The molecule has 0 aliphatic carbocycles. The van der Waals surface area contributed by atoms with Gasteiger partial charge < -0.3 is 10.1 Å². The maximum absolute atomic E-state index is 5.97. The Labute approximate surface area is 130 Å². The van der Waals surface area contributed by atoms with E-state index in [9.17, 15) is 0 Å². The van der Waals surface area contributed by atoms with Gasteiger partial charge in [0.2, 0.25) is 5.88 Å². The lowest BCUT2D eigenvalue weighted by Crippen LogP contribution is -2.34. The maximum atomic E-state index is 5.97. The van der Waals surface area contributed by atoms with E-state index in [2.05, 4.69) is 41.3 Å². The third-order valence-corrected chi connectivity index (χ3v) is 3.27. The van der Waals surface area contributed by atoms with Gasteiger partial charge in [0.25, 0.3) is 0 Å². The van der Waals surface area contributed by atoms with Crippen LogP contribution in [0.25, 0.3) is 0 Å². The second kappa shape index (κ2) is 7.38. The number of aromatic nitrogens is 2. The van der Waals surface area contributed by atoms with E-state index in [0.717, 1.165) is 13.1 Å². The van der Waals surface area contributed by atoms with Crippen molar-refractivity contribution in [1.82, 2.24) is 15.3 Å². The molecule has 0 radical (unpaired) electrons. The largest absolute Gasteiger partial charge is 0.476 e. The monoisotopic (exact) mass is 305 g/mol. The highest BCUT2D eigenvalue weighted by Crippen LogP contribution is 2.22. The molecule has 1 N–H and O–H groups in total. The Hall–Kier alpha value is -1.65. The number of ether oxygens (including phenoxy) is 1. The minimum atomic E-state index is -0.0247. The Morgan fingerprint density at radius 1 is 1.24 bits per heavy atom. The number of nitrogens with one attached hydrogen (secondary N) is 1. The van der Waals surface area contributed by atoms with Crippen LogP contribution in [-0.2, 0) is 6.54 Å². The van der Waals surface area contributed by atoms with Gasteiger partial charge in [0.1, 0.15) is 11.3 Å². The fourth-order valence-electron chi connectivity index (χ4n) is 1.86. The van der Waals surface area contributed by atoms with Crippen LogP contribution in [0.5, 0.6) is 5.88 Å². The van der Waals surface area contributed by atoms with Crippen LogP contribution in [-0.4, -0.2) is 23.1 Å². The highest BCUT2D eigenvalue weighted by Gasteiger charge is 2.19. The Bertz CT molecular complexity index is 560. The van der Waals surface area contributed by atoms with Crippen LogP contribution < -0.4 is 10.1 Å². The first-order valence-corrected chi connectivity index (χ1v) is 7.28. The SMILES string of the molecule is CC(C)(CNCc1ccccc1)COc1ncncc1Cl. The molecule has 21 heavy (non-hydrogen) atoms. The van der Waals surface area contributed by atoms with Gasteiger partial charge in [-0.05, 0) is 5.56 Å². The van der Waals surface area contributed by atoms with Gasteiger partial charge >= 0.3 is 0 Å². The first kappa shape index (κ1) is 15.7. The van der Waals surface area contributed by atoms with Crippen molar-refractivity contribution in [3.63, 3.8) is 0 Å². The second-order valence-corrected chi connectivity index (χ2v) is 6.13. The number of hydrogen-bond acceptors (Lipinski definition) is 4. The van der Waals surface area contributed by atoms with Gasteiger partial charge in [-0.1, -0.05) is 55.8 Å². The highest BCUT2D eigenvalue weighted by atomic mass is 35.5. The van der Waals surface area contributed by atoms with E-state index in [1.807, 2.05) is 18.2 Å². The standard InChI is InChI=1S/C16H20ClN3O/c1-16(2,10-18-8-13-6-4-3-5-7-13)11-21-15-14(17)9-19-12-20-15/h3-7,9,12,18H,8,10-11H2,1-2H3. The lowest BCUT2D eigenvalue weighted by Gasteiger charge is -2.25. The molecular weight excluding hydrogens is 286 g/mol. The summed E-state index contributed by atoms with van der Waals surface area (Å²) in [5.74, 6) is 0.433. The van der Waals surface area contributed by atoms with Gasteiger partial charge in [0.15, 0.2) is 0 Å². The normalized spacial score (nSPS) is 11.4. The summed E-state index contributed by atoms with van der Waals surface area (Å²) in [5, 5.41) is 3.88. The third kappa shape index (κ3) is 5.33. The Balaban J connectivity index is 1.78. The molecule has 0 spiro atoms. The molecule has 4 nitrogen and oxygen atoms in total. The van der Waals surface area contributed by atoms with Crippen molar-refractivity contribution in [1.29, 1.82) is 0 Å². The number of nitrogens with zero attached hydrogens (tertiary/aromatic N) is 2. The highest BCUT2D eigenvalue weighted by molar-refractivity contribution is 6.31. The van der Waals surface area contributed by atoms with Crippen LogP contribution in [0.4, 0.5) is 0 Å². The Morgan fingerprint density at radius 3 is 2.71 bits per heavy atom. The van der Waals surface area contributed by atoms with Crippen molar-refractivity contribution in [2.75, 3.05) is 13.2 Å². The molecule has 0 aliphatic rings. The molecule has 0 unspecified atom stereocenters. The second-order valence-electron chi connectivity index (χ2n) is 5.72. The van der Waals surface area contributed by atoms with E-state index in [-0.39, 0.29) is 5.41 Å². The molecule has 0 atom stereocenters. The predicted octanol–water partition coefficient (Wildman–Crippen LogP) is 3.32. The first-order chi connectivity index (χ1) is 10.1. The molecule has 0 fully saturated rings. The van der Waals surface area contributed by atoms with E-state index in [1.165, 1.54) is 18.1 Å². The summed E-state index contributed by atoms with van der Waals surface area (Å²) in [6, 6.07) is 10.3. The zero-order chi connectivity index (χ0) is 15.1. The van der Waals surface area contributed by atoms with Gasteiger partial charge in [-0.3, -0.25) is 0 Å².